The number of Topliss-reactive ketones (excluding diaryl/α,β-unsaturated/α-hetero) is 1. The molecule has 7 heteroatoms. The number of H-pyrrole nitrogens is 1. The molecule has 1 aromatic carbocycles. The summed E-state index contributed by atoms with van der Waals surface area (Å²) in [5.41, 5.74) is 1.31. The minimum atomic E-state index is -0.920. The number of nitrogens with one attached hydrogen (secondary N) is 1. The summed E-state index contributed by atoms with van der Waals surface area (Å²) in [5, 5.41) is 11.2. The number of esters is 1. The Morgan fingerprint density at radius 3 is 2.86 bits per heavy atom. The molecule has 0 radical (unpaired) electrons. The Kier molecular flexibility index (Phi) is 6.49. The van der Waals surface area contributed by atoms with Crippen molar-refractivity contribution < 1.29 is 28.9 Å². The summed E-state index contributed by atoms with van der Waals surface area (Å²) in [5.74, 6) is -0.363. The standard InChI is InChI=1S/C21H27NO6/c1-12(23)8-9-13(2)26-21-18(24)10-19(14(3)27-21)28-20(25)16-11-22-17-7-5-4-6-15(16)17/h4-7,11,13-14,18-19,21-22,24H,8-10H2,1-3H3/t13-,14?,18?,19-,21-/m1/s1. The molecule has 28 heavy (non-hydrogen) atoms. The van der Waals surface area contributed by atoms with Gasteiger partial charge in [-0.2, -0.15) is 0 Å². The summed E-state index contributed by atoms with van der Waals surface area (Å²) in [6.07, 6.45) is -0.122. The largest absolute Gasteiger partial charge is 0.456 e. The number of ketones is 1. The number of carbonyl (C=O) groups is 2. The SMILES string of the molecule is CC(=O)CC[C@@H](C)O[C@@H]1OC(C)[C@H](OC(=O)c2c[nH]c3ccccc23)CC1O. The number of fused-ring (bicyclic) bond motifs is 1. The summed E-state index contributed by atoms with van der Waals surface area (Å²) in [6.45, 7) is 5.16. The molecule has 1 aliphatic rings. The first-order valence-corrected chi connectivity index (χ1v) is 9.60. The van der Waals surface area contributed by atoms with Crippen molar-refractivity contribution in [2.24, 2.45) is 0 Å². The quantitative estimate of drug-likeness (QED) is 0.707. The molecule has 5 atom stereocenters. The lowest BCUT2D eigenvalue weighted by Gasteiger charge is -2.38. The molecule has 2 aromatic rings. The molecular formula is C21H27NO6. The van der Waals surface area contributed by atoms with E-state index in [1.165, 1.54) is 6.92 Å². The first kappa shape index (κ1) is 20.5. The average Bonchev–Trinajstić information content (AvgIpc) is 3.08. The van der Waals surface area contributed by atoms with Gasteiger partial charge in [0.05, 0.1) is 17.8 Å². The van der Waals surface area contributed by atoms with Gasteiger partial charge < -0.3 is 29.1 Å². The van der Waals surface area contributed by atoms with Gasteiger partial charge in [0.25, 0.3) is 0 Å². The Bertz CT molecular complexity index is 831. The van der Waals surface area contributed by atoms with Crippen molar-refractivity contribution in [3.8, 4) is 0 Å². The third-order valence-electron chi connectivity index (χ3n) is 5.00. The Morgan fingerprint density at radius 2 is 2.11 bits per heavy atom. The third-order valence-corrected chi connectivity index (χ3v) is 5.00. The predicted molar refractivity (Wildman–Crippen MR) is 103 cm³/mol. The van der Waals surface area contributed by atoms with E-state index in [0.29, 0.717) is 18.4 Å². The minimum Gasteiger partial charge on any atom is -0.456 e. The van der Waals surface area contributed by atoms with E-state index in [9.17, 15) is 14.7 Å². The molecule has 152 valence electrons. The highest BCUT2D eigenvalue weighted by Gasteiger charge is 2.38. The van der Waals surface area contributed by atoms with Gasteiger partial charge in [0.15, 0.2) is 6.29 Å². The van der Waals surface area contributed by atoms with Crippen LogP contribution in [0.5, 0.6) is 0 Å². The van der Waals surface area contributed by atoms with Crippen LogP contribution in [0.2, 0.25) is 0 Å². The monoisotopic (exact) mass is 389 g/mol. The number of benzene rings is 1. The molecule has 3 rings (SSSR count). The van der Waals surface area contributed by atoms with Crippen LogP contribution in [0.3, 0.4) is 0 Å². The second-order valence-electron chi connectivity index (χ2n) is 7.39. The van der Waals surface area contributed by atoms with E-state index in [1.807, 2.05) is 31.2 Å². The maximum Gasteiger partial charge on any atom is 0.340 e. The fourth-order valence-corrected chi connectivity index (χ4v) is 3.34. The van der Waals surface area contributed by atoms with Gasteiger partial charge in [0.1, 0.15) is 18.0 Å². The summed E-state index contributed by atoms with van der Waals surface area (Å²) in [4.78, 5) is 26.8. The van der Waals surface area contributed by atoms with Crippen molar-refractivity contribution in [1.29, 1.82) is 0 Å². The van der Waals surface area contributed by atoms with Gasteiger partial charge in [0.2, 0.25) is 0 Å². The summed E-state index contributed by atoms with van der Waals surface area (Å²) >= 11 is 0. The van der Waals surface area contributed by atoms with Gasteiger partial charge in [0, 0.05) is 29.9 Å². The number of ether oxygens (including phenoxy) is 3. The van der Waals surface area contributed by atoms with Gasteiger partial charge in [-0.25, -0.2) is 4.79 Å². The van der Waals surface area contributed by atoms with E-state index < -0.39 is 30.6 Å². The zero-order valence-corrected chi connectivity index (χ0v) is 16.4. The van der Waals surface area contributed by atoms with E-state index >= 15 is 0 Å². The Labute approximate surface area is 164 Å². The van der Waals surface area contributed by atoms with E-state index in [2.05, 4.69) is 4.98 Å². The molecule has 0 spiro atoms. The average molecular weight is 389 g/mol. The normalized spacial score (nSPS) is 26.1. The molecule has 0 saturated carbocycles. The van der Waals surface area contributed by atoms with Crippen LogP contribution in [0.25, 0.3) is 10.9 Å². The first-order chi connectivity index (χ1) is 13.3. The number of hydrogen-bond donors (Lipinski definition) is 2. The van der Waals surface area contributed by atoms with Crippen molar-refractivity contribution in [3.05, 3.63) is 36.0 Å². The second kappa shape index (κ2) is 8.86. The summed E-state index contributed by atoms with van der Waals surface area (Å²) in [7, 11) is 0. The Hall–Kier alpha value is -2.22. The van der Waals surface area contributed by atoms with Crippen molar-refractivity contribution in [2.45, 2.75) is 70.7 Å². The summed E-state index contributed by atoms with van der Waals surface area (Å²) in [6, 6.07) is 7.49. The number of rotatable bonds is 7. The molecule has 2 N–H and O–H groups in total. The van der Waals surface area contributed by atoms with E-state index in [-0.39, 0.29) is 18.3 Å². The van der Waals surface area contributed by atoms with Gasteiger partial charge in [-0.3, -0.25) is 0 Å². The fraction of sp³-hybridized carbons (Fsp3) is 0.524. The highest BCUT2D eigenvalue weighted by Crippen LogP contribution is 2.27. The summed E-state index contributed by atoms with van der Waals surface area (Å²) < 4.78 is 17.1. The molecule has 1 aromatic heterocycles. The zero-order valence-electron chi connectivity index (χ0n) is 16.4. The molecule has 0 aliphatic carbocycles. The highest BCUT2D eigenvalue weighted by molar-refractivity contribution is 6.04. The van der Waals surface area contributed by atoms with Gasteiger partial charge in [-0.05, 0) is 33.3 Å². The Balaban J connectivity index is 1.58. The number of para-hydroxylation sites is 1. The number of aliphatic hydroxyl groups is 1. The van der Waals surface area contributed by atoms with Crippen molar-refractivity contribution in [2.75, 3.05) is 0 Å². The van der Waals surface area contributed by atoms with Crippen molar-refractivity contribution in [1.82, 2.24) is 4.98 Å². The van der Waals surface area contributed by atoms with Crippen LogP contribution in [0.4, 0.5) is 0 Å². The molecule has 1 aliphatic heterocycles. The minimum absolute atomic E-state index is 0.0955. The lowest BCUT2D eigenvalue weighted by Crippen LogP contribution is -2.49. The number of aromatic amines is 1. The number of carbonyl (C=O) groups excluding carboxylic acids is 2. The topological polar surface area (TPSA) is 97.9 Å². The maximum absolute atomic E-state index is 12.6. The maximum atomic E-state index is 12.6. The van der Waals surface area contributed by atoms with Crippen molar-refractivity contribution >= 4 is 22.7 Å². The zero-order chi connectivity index (χ0) is 20.3. The van der Waals surface area contributed by atoms with Gasteiger partial charge >= 0.3 is 5.97 Å². The molecule has 0 amide bonds. The van der Waals surface area contributed by atoms with Crippen molar-refractivity contribution in [3.63, 3.8) is 0 Å². The molecule has 2 heterocycles. The number of aliphatic hydroxyl groups excluding tert-OH is 1. The number of aromatic nitrogens is 1. The molecule has 0 bridgehead atoms. The van der Waals surface area contributed by atoms with Crippen LogP contribution in [0, 0.1) is 0 Å². The van der Waals surface area contributed by atoms with Crippen LogP contribution in [-0.4, -0.2) is 52.5 Å². The molecule has 1 fully saturated rings. The van der Waals surface area contributed by atoms with Crippen LogP contribution < -0.4 is 0 Å². The van der Waals surface area contributed by atoms with Crippen LogP contribution in [0.15, 0.2) is 30.5 Å². The van der Waals surface area contributed by atoms with Crippen LogP contribution in [0.1, 0.15) is 50.4 Å². The molecule has 7 nitrogen and oxygen atoms in total. The van der Waals surface area contributed by atoms with Crippen LogP contribution in [-0.2, 0) is 19.0 Å². The second-order valence-corrected chi connectivity index (χ2v) is 7.39. The smallest absolute Gasteiger partial charge is 0.340 e. The third kappa shape index (κ3) is 4.79. The molecule has 2 unspecified atom stereocenters. The fourth-order valence-electron chi connectivity index (χ4n) is 3.34. The van der Waals surface area contributed by atoms with Gasteiger partial charge in [-0.15, -0.1) is 0 Å². The van der Waals surface area contributed by atoms with E-state index in [4.69, 9.17) is 14.2 Å². The number of hydrogen-bond acceptors (Lipinski definition) is 6. The molecular weight excluding hydrogens is 362 g/mol. The Morgan fingerprint density at radius 1 is 1.36 bits per heavy atom. The van der Waals surface area contributed by atoms with Gasteiger partial charge in [-0.1, -0.05) is 18.2 Å². The lowest BCUT2D eigenvalue weighted by atomic mass is 10.0. The van der Waals surface area contributed by atoms with Crippen LogP contribution >= 0.6 is 0 Å². The predicted octanol–water partition coefficient (Wildman–Crippen LogP) is 2.96. The van der Waals surface area contributed by atoms with E-state index in [0.717, 1.165) is 10.9 Å². The molecule has 1 saturated heterocycles. The van der Waals surface area contributed by atoms with E-state index in [1.54, 1.807) is 13.1 Å². The lowest BCUT2D eigenvalue weighted by molar-refractivity contribution is -0.273. The highest BCUT2D eigenvalue weighted by atomic mass is 16.7. The first-order valence-electron chi connectivity index (χ1n) is 9.60.